The molecule has 0 aromatic carbocycles. The zero-order chi connectivity index (χ0) is 27.5. The van der Waals surface area contributed by atoms with Crippen LogP contribution in [0.5, 0.6) is 0 Å². The first-order valence-corrected chi connectivity index (χ1v) is 11.5. The molecule has 0 aliphatic carbocycles. The quantitative estimate of drug-likeness (QED) is 0.528. The summed E-state index contributed by atoms with van der Waals surface area (Å²) in [5.41, 5.74) is 0. The van der Waals surface area contributed by atoms with E-state index in [9.17, 15) is 26.3 Å². The van der Waals surface area contributed by atoms with Crippen LogP contribution in [0.1, 0.15) is 24.7 Å². The van der Waals surface area contributed by atoms with Gasteiger partial charge in [-0.3, -0.25) is 4.90 Å². The van der Waals surface area contributed by atoms with Crippen LogP contribution in [-0.4, -0.2) is 85.0 Å². The van der Waals surface area contributed by atoms with Crippen LogP contribution < -0.4 is 0 Å². The van der Waals surface area contributed by atoms with Crippen molar-refractivity contribution in [1.82, 2.24) is 24.3 Å². The number of rotatable bonds is 6. The number of imidazole rings is 1. The smallest absolute Gasteiger partial charge is 0.475 e. The number of thiazole rings is 1. The lowest BCUT2D eigenvalue weighted by Gasteiger charge is -2.27. The van der Waals surface area contributed by atoms with Crippen molar-refractivity contribution in [3.05, 3.63) is 34.8 Å². The first-order valence-electron chi connectivity index (χ1n) is 10.6. The van der Waals surface area contributed by atoms with Gasteiger partial charge in [-0.25, -0.2) is 19.6 Å². The lowest BCUT2D eigenvalue weighted by molar-refractivity contribution is -0.193. The number of hydrogen-bond donors (Lipinski definition) is 2. The van der Waals surface area contributed by atoms with Crippen LogP contribution in [0.4, 0.5) is 26.3 Å². The van der Waals surface area contributed by atoms with Crippen molar-refractivity contribution >= 4 is 23.3 Å². The van der Waals surface area contributed by atoms with Crippen molar-refractivity contribution < 1.29 is 46.1 Å². The second-order valence-corrected chi connectivity index (χ2v) is 8.53. The van der Waals surface area contributed by atoms with Gasteiger partial charge in [0, 0.05) is 49.5 Å². The minimum atomic E-state index is -5.08. The number of nitrogens with zero attached hydrogens (tertiary/aromatic N) is 5. The molecule has 1 atom stereocenters. The zero-order valence-corrected chi connectivity index (χ0v) is 20.3. The molecule has 0 saturated carbocycles. The number of carboxylic acids is 2. The number of hydrogen-bond acceptors (Lipinski definition) is 7. The number of carbonyl (C=O) groups is 2. The Hall–Kier alpha value is -2.72. The van der Waals surface area contributed by atoms with Crippen molar-refractivity contribution in [2.75, 3.05) is 26.2 Å². The minimum Gasteiger partial charge on any atom is -0.475 e. The van der Waals surface area contributed by atoms with Crippen LogP contribution in [-0.2, 0) is 29.2 Å². The summed E-state index contributed by atoms with van der Waals surface area (Å²) in [7, 11) is 0. The molecule has 3 heterocycles. The lowest BCUT2D eigenvalue weighted by Crippen LogP contribution is -2.36. The Morgan fingerprint density at radius 3 is 2.03 bits per heavy atom. The van der Waals surface area contributed by atoms with Gasteiger partial charge in [0.15, 0.2) is 0 Å². The number of halogens is 6. The highest BCUT2D eigenvalue weighted by molar-refractivity contribution is 7.09. The number of aliphatic carboxylic acids is 2. The van der Waals surface area contributed by atoms with E-state index in [2.05, 4.69) is 49.8 Å². The zero-order valence-electron chi connectivity index (χ0n) is 19.5. The first-order chi connectivity index (χ1) is 16.7. The Bertz CT molecular complexity index is 908. The molecule has 0 spiro atoms. The summed E-state index contributed by atoms with van der Waals surface area (Å²) in [4.78, 5) is 31.8. The fourth-order valence-corrected chi connectivity index (χ4v) is 3.89. The van der Waals surface area contributed by atoms with E-state index in [-0.39, 0.29) is 0 Å². The van der Waals surface area contributed by atoms with E-state index >= 15 is 0 Å². The van der Waals surface area contributed by atoms with E-state index in [1.807, 2.05) is 12.4 Å². The molecule has 0 radical (unpaired) electrons. The molecule has 16 heteroatoms. The van der Waals surface area contributed by atoms with Crippen LogP contribution in [0.3, 0.4) is 0 Å². The molecule has 0 bridgehead atoms. The van der Waals surface area contributed by atoms with Gasteiger partial charge in [0.2, 0.25) is 0 Å². The van der Waals surface area contributed by atoms with Gasteiger partial charge in [-0.15, -0.1) is 11.3 Å². The van der Waals surface area contributed by atoms with Crippen molar-refractivity contribution in [3.63, 3.8) is 0 Å². The van der Waals surface area contributed by atoms with Crippen LogP contribution in [0.25, 0.3) is 0 Å². The molecule has 2 aromatic heterocycles. The van der Waals surface area contributed by atoms with Gasteiger partial charge in [-0.2, -0.15) is 26.3 Å². The maximum absolute atomic E-state index is 10.6. The molecule has 2 aromatic rings. The predicted molar refractivity (Wildman–Crippen MR) is 117 cm³/mol. The summed E-state index contributed by atoms with van der Waals surface area (Å²) in [5.74, 6) is -3.70. The van der Waals surface area contributed by atoms with E-state index in [1.165, 1.54) is 10.8 Å². The monoisotopic (exact) mass is 547 g/mol. The van der Waals surface area contributed by atoms with Crippen molar-refractivity contribution in [1.29, 1.82) is 0 Å². The number of carboxylic acid groups (broad SMARTS) is 2. The Morgan fingerprint density at radius 1 is 1.03 bits per heavy atom. The molecule has 1 unspecified atom stereocenters. The van der Waals surface area contributed by atoms with E-state index < -0.39 is 24.3 Å². The van der Waals surface area contributed by atoms with Crippen molar-refractivity contribution in [2.45, 2.75) is 45.8 Å². The number of fused-ring (bicyclic) bond motifs is 1. The summed E-state index contributed by atoms with van der Waals surface area (Å²) in [6, 6.07) is 0. The maximum atomic E-state index is 10.6. The minimum absolute atomic E-state index is 0.635. The topological polar surface area (TPSA) is 112 Å². The third-order valence-corrected chi connectivity index (χ3v) is 5.64. The Kier molecular flexibility index (Phi) is 12.3. The highest BCUT2D eigenvalue weighted by atomic mass is 32.1. The third kappa shape index (κ3) is 11.3. The Labute approximate surface area is 207 Å². The standard InChI is InChI=1S/C16H25N5S.2C2HF3O2/c1-3-19(4-2)9-14-10-20(13-16-18-6-8-22-16)12-15-17-5-7-21(15)11-14;2*3-2(4,5)1(6)7/h5-8,14H,3-4,9-13H2,1-2H3;2*(H,6,7). The van der Waals surface area contributed by atoms with E-state index in [0.717, 1.165) is 45.8 Å². The molecular formula is C20H27F6N5O4S. The lowest BCUT2D eigenvalue weighted by atomic mass is 10.1. The summed E-state index contributed by atoms with van der Waals surface area (Å²) in [5, 5.41) is 17.5. The van der Waals surface area contributed by atoms with Crippen molar-refractivity contribution in [3.8, 4) is 0 Å². The van der Waals surface area contributed by atoms with Gasteiger partial charge in [-0.05, 0) is 13.1 Å². The maximum Gasteiger partial charge on any atom is 0.490 e. The highest BCUT2D eigenvalue weighted by Gasteiger charge is 2.38. The van der Waals surface area contributed by atoms with Gasteiger partial charge in [-0.1, -0.05) is 13.8 Å². The molecule has 204 valence electrons. The van der Waals surface area contributed by atoms with E-state index in [1.54, 1.807) is 11.3 Å². The molecule has 0 fully saturated rings. The molecule has 3 rings (SSSR count). The van der Waals surface area contributed by atoms with E-state index in [4.69, 9.17) is 19.8 Å². The summed E-state index contributed by atoms with van der Waals surface area (Å²) >= 11 is 1.74. The van der Waals surface area contributed by atoms with Gasteiger partial charge < -0.3 is 19.7 Å². The second-order valence-electron chi connectivity index (χ2n) is 7.55. The SMILES string of the molecule is CCN(CC)CC1CN(Cc2nccs2)Cc2nccn2C1.O=C(O)C(F)(F)F.O=C(O)C(F)(F)F. The average Bonchev–Trinajstić information content (AvgIpc) is 3.40. The van der Waals surface area contributed by atoms with Crippen molar-refractivity contribution in [2.24, 2.45) is 5.92 Å². The Balaban J connectivity index is 0.000000383. The van der Waals surface area contributed by atoms with Crippen LogP contribution in [0, 0.1) is 5.92 Å². The molecule has 0 amide bonds. The van der Waals surface area contributed by atoms with Gasteiger partial charge in [0.25, 0.3) is 0 Å². The molecular weight excluding hydrogens is 520 g/mol. The third-order valence-electron chi connectivity index (χ3n) is 4.88. The normalized spacial score (nSPS) is 16.2. The molecule has 0 saturated heterocycles. The van der Waals surface area contributed by atoms with Gasteiger partial charge >= 0.3 is 24.3 Å². The predicted octanol–water partition coefficient (Wildman–Crippen LogP) is 3.58. The molecule has 36 heavy (non-hydrogen) atoms. The molecule has 9 nitrogen and oxygen atoms in total. The largest absolute Gasteiger partial charge is 0.490 e. The summed E-state index contributed by atoms with van der Waals surface area (Å²) < 4.78 is 65.8. The number of alkyl halides is 6. The fraction of sp³-hybridized carbons (Fsp3) is 0.600. The second kappa shape index (κ2) is 14.1. The molecule has 2 N–H and O–H groups in total. The van der Waals surface area contributed by atoms with Crippen LogP contribution in [0.15, 0.2) is 24.0 Å². The fourth-order valence-electron chi connectivity index (χ4n) is 3.23. The number of aromatic nitrogens is 3. The highest BCUT2D eigenvalue weighted by Crippen LogP contribution is 2.19. The molecule has 1 aliphatic rings. The summed E-state index contributed by atoms with van der Waals surface area (Å²) in [6.07, 6.45) is -4.22. The summed E-state index contributed by atoms with van der Waals surface area (Å²) in [6.45, 7) is 11.9. The first kappa shape index (κ1) is 31.3. The molecule has 1 aliphatic heterocycles. The van der Waals surface area contributed by atoms with Gasteiger partial charge in [0.05, 0.1) is 13.1 Å². The Morgan fingerprint density at radius 2 is 1.58 bits per heavy atom. The van der Waals surface area contributed by atoms with Crippen LogP contribution >= 0.6 is 11.3 Å². The van der Waals surface area contributed by atoms with Gasteiger partial charge in [0.1, 0.15) is 10.8 Å². The van der Waals surface area contributed by atoms with E-state index in [0.29, 0.717) is 5.92 Å². The van der Waals surface area contributed by atoms with Crippen LogP contribution in [0.2, 0.25) is 0 Å². The average molecular weight is 548 g/mol.